The first kappa shape index (κ1) is 22.3. The average Bonchev–Trinajstić information content (AvgIpc) is 2.74. The van der Waals surface area contributed by atoms with Gasteiger partial charge >= 0.3 is 0 Å². The van der Waals surface area contributed by atoms with Gasteiger partial charge in [-0.3, -0.25) is 0 Å². The van der Waals surface area contributed by atoms with Gasteiger partial charge in [0, 0.05) is 12.8 Å². The molecule has 0 fully saturated rings. The van der Waals surface area contributed by atoms with E-state index in [9.17, 15) is 0 Å². The molecule has 0 saturated heterocycles. The van der Waals surface area contributed by atoms with Gasteiger partial charge in [0.25, 0.3) is 0 Å². The molecule has 2 aliphatic heterocycles. The Morgan fingerprint density at radius 3 is 1.33 bits per heavy atom. The minimum absolute atomic E-state index is 0.201. The Kier molecular flexibility index (Phi) is 6.24. The van der Waals surface area contributed by atoms with Crippen molar-refractivity contribution < 1.29 is 18.9 Å². The van der Waals surface area contributed by atoms with E-state index in [-0.39, 0.29) is 23.9 Å². The summed E-state index contributed by atoms with van der Waals surface area (Å²) in [6.45, 7) is 8.34. The van der Waals surface area contributed by atoms with E-state index in [0.29, 0.717) is 36.4 Å². The van der Waals surface area contributed by atoms with E-state index in [1.807, 2.05) is 0 Å². The van der Waals surface area contributed by atoms with Crippen LogP contribution in [0.3, 0.4) is 0 Å². The van der Waals surface area contributed by atoms with Gasteiger partial charge in [-0.1, -0.05) is 39.8 Å². The molecule has 0 aromatic carbocycles. The third-order valence-electron chi connectivity index (χ3n) is 6.07. The van der Waals surface area contributed by atoms with E-state index in [0.717, 1.165) is 0 Å². The van der Waals surface area contributed by atoms with Crippen molar-refractivity contribution in [3.8, 4) is 0 Å². The Bertz CT molecular complexity index is 748. The zero-order valence-corrected chi connectivity index (χ0v) is 19.3. The van der Waals surface area contributed by atoms with Crippen LogP contribution in [0.4, 0.5) is 0 Å². The van der Waals surface area contributed by atoms with Crippen molar-refractivity contribution in [2.75, 3.05) is 28.4 Å². The highest BCUT2D eigenvalue weighted by Gasteiger charge is 2.64. The highest BCUT2D eigenvalue weighted by atomic mass is 16.5. The predicted octanol–water partition coefficient (Wildman–Crippen LogP) is 3.07. The molecule has 0 N–H and O–H groups in total. The molecule has 2 heterocycles. The number of hydrogen-bond acceptors (Lipinski definition) is 8. The van der Waals surface area contributed by atoms with Crippen LogP contribution in [-0.4, -0.2) is 75.2 Å². The lowest BCUT2D eigenvalue weighted by atomic mass is 9.67. The first-order chi connectivity index (χ1) is 14.3. The Hall–Kier alpha value is -2.38. The van der Waals surface area contributed by atoms with Gasteiger partial charge in [-0.15, -0.1) is 0 Å². The summed E-state index contributed by atoms with van der Waals surface area (Å²) in [4.78, 5) is 20.1. The monoisotopic (exact) mass is 418 g/mol. The standard InChI is InChI=1S/C22H34N4O4/c1-13(2)15-17(27-5)25-21(19(23-15)29-7)11-9-10-12-22(21)20(30-8)24-16(14(3)4)18(26-22)28-6/h9-10,13-16H,11-12H2,1-8H3/t15-,16-,21-,22-/m1/s1. The molecule has 8 nitrogen and oxygen atoms in total. The number of fused-ring (bicyclic) bond motifs is 1. The van der Waals surface area contributed by atoms with Gasteiger partial charge in [-0.25, -0.2) is 20.0 Å². The van der Waals surface area contributed by atoms with Gasteiger partial charge in [0.2, 0.25) is 23.6 Å². The molecule has 1 aliphatic carbocycles. The molecule has 8 heteroatoms. The largest absolute Gasteiger partial charge is 0.483 e. The second kappa shape index (κ2) is 8.40. The van der Waals surface area contributed by atoms with E-state index < -0.39 is 11.1 Å². The maximum Gasteiger partial charge on any atom is 0.216 e. The van der Waals surface area contributed by atoms with Gasteiger partial charge < -0.3 is 18.9 Å². The Labute approximate surface area is 179 Å². The van der Waals surface area contributed by atoms with Gasteiger partial charge in [-0.2, -0.15) is 0 Å². The lowest BCUT2D eigenvalue weighted by Crippen LogP contribution is -2.67. The zero-order chi connectivity index (χ0) is 22.1. The molecular weight excluding hydrogens is 384 g/mol. The third kappa shape index (κ3) is 3.20. The summed E-state index contributed by atoms with van der Waals surface area (Å²) >= 11 is 0. The van der Waals surface area contributed by atoms with Gasteiger partial charge in [0.1, 0.15) is 12.1 Å². The number of ether oxygens (including phenoxy) is 4. The molecule has 0 amide bonds. The zero-order valence-electron chi connectivity index (χ0n) is 19.3. The summed E-state index contributed by atoms with van der Waals surface area (Å²) in [6.07, 6.45) is 5.23. The van der Waals surface area contributed by atoms with Gasteiger partial charge in [0.15, 0.2) is 11.1 Å². The van der Waals surface area contributed by atoms with Crippen LogP contribution in [0.2, 0.25) is 0 Å². The second-order valence-corrected chi connectivity index (χ2v) is 8.56. The Morgan fingerprint density at radius 1 is 0.700 bits per heavy atom. The topological polar surface area (TPSA) is 86.4 Å². The number of nitrogens with zero attached hydrogens (tertiary/aromatic N) is 4. The first-order valence-electron chi connectivity index (χ1n) is 10.5. The fraction of sp³-hybridized carbons (Fsp3) is 0.727. The van der Waals surface area contributed by atoms with Crippen molar-refractivity contribution in [3.05, 3.63) is 12.2 Å². The summed E-state index contributed by atoms with van der Waals surface area (Å²) in [7, 11) is 6.51. The van der Waals surface area contributed by atoms with Crippen LogP contribution in [0, 0.1) is 11.8 Å². The molecule has 0 aromatic rings. The number of hydrogen-bond donors (Lipinski definition) is 0. The molecule has 3 rings (SSSR count). The molecule has 0 saturated carbocycles. The summed E-state index contributed by atoms with van der Waals surface area (Å²) in [5, 5.41) is 0. The van der Waals surface area contributed by atoms with Crippen LogP contribution in [-0.2, 0) is 18.9 Å². The SMILES string of the molecule is COC1=N[C@]2(CC=CC[C@]23N=C(OC)[C@@H](C(C)C)N=C3OC)C(OC)=N[C@@H]1C(C)C. The lowest BCUT2D eigenvalue weighted by molar-refractivity contribution is 0.220. The van der Waals surface area contributed by atoms with Crippen LogP contribution in [0.25, 0.3) is 0 Å². The van der Waals surface area contributed by atoms with E-state index in [1.165, 1.54) is 0 Å². The second-order valence-electron chi connectivity index (χ2n) is 8.56. The molecule has 30 heavy (non-hydrogen) atoms. The molecule has 0 radical (unpaired) electrons. The van der Waals surface area contributed by atoms with E-state index >= 15 is 0 Å². The maximum absolute atomic E-state index is 5.85. The van der Waals surface area contributed by atoms with E-state index in [4.69, 9.17) is 38.9 Å². The van der Waals surface area contributed by atoms with Crippen molar-refractivity contribution in [2.24, 2.45) is 31.8 Å². The number of methoxy groups -OCH3 is 4. The van der Waals surface area contributed by atoms with Crippen LogP contribution in [0.15, 0.2) is 32.1 Å². The molecule has 0 bridgehead atoms. The van der Waals surface area contributed by atoms with Crippen molar-refractivity contribution in [1.82, 2.24) is 0 Å². The fourth-order valence-corrected chi connectivity index (χ4v) is 4.48. The number of aliphatic imine (C=N–C) groups is 4. The normalized spacial score (nSPS) is 33.3. The molecule has 0 aromatic heterocycles. The van der Waals surface area contributed by atoms with Crippen molar-refractivity contribution in [3.63, 3.8) is 0 Å². The fourth-order valence-electron chi connectivity index (χ4n) is 4.48. The van der Waals surface area contributed by atoms with E-state index in [1.54, 1.807) is 28.4 Å². The minimum atomic E-state index is -0.964. The van der Waals surface area contributed by atoms with Gasteiger partial charge in [0.05, 0.1) is 28.4 Å². The van der Waals surface area contributed by atoms with Crippen LogP contribution < -0.4 is 0 Å². The molecule has 166 valence electrons. The van der Waals surface area contributed by atoms with Crippen molar-refractivity contribution >= 4 is 23.6 Å². The summed E-state index contributed by atoms with van der Waals surface area (Å²) in [6, 6.07) is -0.446. The molecular formula is C22H34N4O4. The quantitative estimate of drug-likeness (QED) is 0.645. The number of rotatable bonds is 2. The highest BCUT2D eigenvalue weighted by Crippen LogP contribution is 2.47. The third-order valence-corrected chi connectivity index (χ3v) is 6.07. The molecule has 3 aliphatic rings. The summed E-state index contributed by atoms with van der Waals surface area (Å²) < 4.78 is 23.1. The van der Waals surface area contributed by atoms with E-state index in [2.05, 4.69) is 39.8 Å². The first-order valence-corrected chi connectivity index (χ1v) is 10.5. The Morgan fingerprint density at radius 2 is 1.07 bits per heavy atom. The Balaban J connectivity index is 2.29. The predicted molar refractivity (Wildman–Crippen MR) is 119 cm³/mol. The van der Waals surface area contributed by atoms with Crippen LogP contribution in [0.1, 0.15) is 40.5 Å². The summed E-state index contributed by atoms with van der Waals surface area (Å²) in [5.74, 6) is 2.56. The molecule has 2 spiro atoms. The van der Waals surface area contributed by atoms with Gasteiger partial charge in [-0.05, 0) is 11.8 Å². The smallest absolute Gasteiger partial charge is 0.216 e. The maximum atomic E-state index is 5.85. The minimum Gasteiger partial charge on any atom is -0.483 e. The van der Waals surface area contributed by atoms with Crippen LogP contribution in [0.5, 0.6) is 0 Å². The molecule has 4 atom stereocenters. The highest BCUT2D eigenvalue weighted by molar-refractivity contribution is 6.07. The summed E-state index contributed by atoms with van der Waals surface area (Å²) in [5.41, 5.74) is -1.93. The van der Waals surface area contributed by atoms with Crippen molar-refractivity contribution in [1.29, 1.82) is 0 Å². The lowest BCUT2D eigenvalue weighted by Gasteiger charge is -2.49. The molecule has 0 unspecified atom stereocenters. The van der Waals surface area contributed by atoms with Crippen molar-refractivity contribution in [2.45, 2.75) is 63.7 Å². The van der Waals surface area contributed by atoms with Crippen LogP contribution >= 0.6 is 0 Å². The average molecular weight is 419 g/mol.